The molecule has 0 bridgehead atoms. The summed E-state index contributed by atoms with van der Waals surface area (Å²) in [4.78, 5) is 22.6. The molecule has 2 fully saturated rings. The molecule has 6 nitrogen and oxygen atoms in total. The van der Waals surface area contributed by atoms with Crippen molar-refractivity contribution in [3.63, 3.8) is 0 Å². The normalized spacial score (nSPS) is 26.1. The van der Waals surface area contributed by atoms with Crippen molar-refractivity contribution in [1.29, 1.82) is 0 Å². The number of nitrogens with zero attached hydrogens (tertiary/aromatic N) is 4. The van der Waals surface area contributed by atoms with Gasteiger partial charge in [-0.3, -0.25) is 14.7 Å². The van der Waals surface area contributed by atoms with Crippen LogP contribution < -0.4 is 5.32 Å². The third-order valence-electron chi connectivity index (χ3n) is 4.91. The maximum Gasteiger partial charge on any atom is 0.219 e. The van der Waals surface area contributed by atoms with Gasteiger partial charge >= 0.3 is 0 Å². The van der Waals surface area contributed by atoms with Crippen LogP contribution in [0.5, 0.6) is 0 Å². The van der Waals surface area contributed by atoms with E-state index in [0.717, 1.165) is 70.2 Å². The first-order chi connectivity index (χ1) is 11.0. The van der Waals surface area contributed by atoms with E-state index in [1.54, 1.807) is 6.92 Å². The monoisotopic (exact) mass is 451 g/mol. The Morgan fingerprint density at radius 3 is 2.17 bits per heavy atom. The third kappa shape index (κ3) is 6.38. The molecule has 0 aromatic rings. The van der Waals surface area contributed by atoms with E-state index in [9.17, 15) is 4.79 Å². The average molecular weight is 451 g/mol. The fraction of sp³-hybridized carbons (Fsp3) is 0.882. The van der Waals surface area contributed by atoms with Crippen LogP contribution in [0.4, 0.5) is 0 Å². The molecule has 0 spiro atoms. The molecule has 2 rings (SSSR count). The molecule has 2 aliphatic rings. The van der Waals surface area contributed by atoms with Crippen molar-refractivity contribution in [2.45, 2.75) is 27.2 Å². The summed E-state index contributed by atoms with van der Waals surface area (Å²) < 4.78 is 0. The molecular formula is C17H34IN5O. The topological polar surface area (TPSA) is 51.2 Å². The van der Waals surface area contributed by atoms with Crippen molar-refractivity contribution < 1.29 is 4.79 Å². The van der Waals surface area contributed by atoms with Gasteiger partial charge in [-0.05, 0) is 18.3 Å². The highest BCUT2D eigenvalue weighted by Gasteiger charge is 2.24. The fourth-order valence-corrected chi connectivity index (χ4v) is 3.78. The standard InChI is InChI=1S/C17H33N5O.HI/c1-14-11-15(2)13-22(12-14)17(18-4)19-5-6-20-7-9-21(10-8-20)16(3)23;/h14-15H,5-13H2,1-4H3,(H,18,19);1H. The van der Waals surface area contributed by atoms with E-state index in [1.807, 2.05) is 11.9 Å². The number of carbonyl (C=O) groups is 1. The number of halogens is 1. The maximum atomic E-state index is 11.3. The van der Waals surface area contributed by atoms with Gasteiger partial charge in [-0.25, -0.2) is 0 Å². The minimum Gasteiger partial charge on any atom is -0.355 e. The average Bonchev–Trinajstić information content (AvgIpc) is 2.51. The number of aliphatic imine (C=N–C) groups is 1. The number of piperazine rings is 1. The fourth-order valence-electron chi connectivity index (χ4n) is 3.78. The zero-order chi connectivity index (χ0) is 16.8. The van der Waals surface area contributed by atoms with Crippen LogP contribution in [0.1, 0.15) is 27.2 Å². The third-order valence-corrected chi connectivity index (χ3v) is 4.91. The van der Waals surface area contributed by atoms with E-state index in [4.69, 9.17) is 0 Å². The number of guanidine groups is 1. The Morgan fingerprint density at radius 1 is 1.08 bits per heavy atom. The number of hydrogen-bond acceptors (Lipinski definition) is 3. The maximum absolute atomic E-state index is 11.3. The molecule has 2 aliphatic heterocycles. The van der Waals surface area contributed by atoms with Gasteiger partial charge in [0.25, 0.3) is 0 Å². The van der Waals surface area contributed by atoms with Crippen LogP contribution in [-0.2, 0) is 4.79 Å². The van der Waals surface area contributed by atoms with Gasteiger partial charge in [0.05, 0.1) is 0 Å². The van der Waals surface area contributed by atoms with Crippen LogP contribution in [0, 0.1) is 11.8 Å². The predicted octanol–water partition coefficient (Wildman–Crippen LogP) is 1.32. The second-order valence-electron chi connectivity index (χ2n) is 7.17. The number of hydrogen-bond donors (Lipinski definition) is 1. The smallest absolute Gasteiger partial charge is 0.219 e. The Kier molecular flexibility index (Phi) is 9.33. The van der Waals surface area contributed by atoms with Crippen molar-refractivity contribution in [2.75, 3.05) is 59.4 Å². The molecule has 0 radical (unpaired) electrons. The number of piperidine rings is 1. The van der Waals surface area contributed by atoms with Crippen LogP contribution in [0.3, 0.4) is 0 Å². The number of rotatable bonds is 3. The molecule has 2 unspecified atom stereocenters. The Hall–Kier alpha value is -0.570. The van der Waals surface area contributed by atoms with Crippen LogP contribution in [-0.4, -0.2) is 86.0 Å². The minimum atomic E-state index is 0. The molecule has 140 valence electrons. The molecule has 2 saturated heterocycles. The van der Waals surface area contributed by atoms with Crippen LogP contribution in [0.25, 0.3) is 0 Å². The molecule has 0 saturated carbocycles. The summed E-state index contributed by atoms with van der Waals surface area (Å²) in [5, 5.41) is 3.52. The molecule has 0 aromatic heterocycles. The van der Waals surface area contributed by atoms with Gasteiger partial charge in [0.1, 0.15) is 0 Å². The molecule has 1 N–H and O–H groups in total. The summed E-state index contributed by atoms with van der Waals surface area (Å²) in [5.41, 5.74) is 0. The zero-order valence-corrected chi connectivity index (χ0v) is 18.0. The first-order valence-corrected chi connectivity index (χ1v) is 8.93. The van der Waals surface area contributed by atoms with Gasteiger partial charge in [-0.1, -0.05) is 13.8 Å². The number of likely N-dealkylation sites (tertiary alicyclic amines) is 1. The number of nitrogens with one attached hydrogen (secondary N) is 1. The van der Waals surface area contributed by atoms with E-state index in [1.165, 1.54) is 6.42 Å². The molecule has 1 amide bonds. The first kappa shape index (κ1) is 21.5. The highest BCUT2D eigenvalue weighted by molar-refractivity contribution is 14.0. The lowest BCUT2D eigenvalue weighted by molar-refractivity contribution is -0.130. The van der Waals surface area contributed by atoms with Crippen molar-refractivity contribution in [3.8, 4) is 0 Å². The Bertz CT molecular complexity index is 413. The molecular weight excluding hydrogens is 417 g/mol. The van der Waals surface area contributed by atoms with Gasteiger partial charge in [-0.2, -0.15) is 0 Å². The van der Waals surface area contributed by atoms with Gasteiger partial charge < -0.3 is 15.1 Å². The Labute approximate surface area is 164 Å². The van der Waals surface area contributed by atoms with Crippen molar-refractivity contribution in [2.24, 2.45) is 16.8 Å². The van der Waals surface area contributed by atoms with Crippen LogP contribution in [0.15, 0.2) is 4.99 Å². The van der Waals surface area contributed by atoms with Crippen molar-refractivity contribution in [3.05, 3.63) is 0 Å². The first-order valence-electron chi connectivity index (χ1n) is 8.93. The van der Waals surface area contributed by atoms with Gasteiger partial charge in [0.15, 0.2) is 5.96 Å². The highest BCUT2D eigenvalue weighted by Crippen LogP contribution is 2.20. The zero-order valence-electron chi connectivity index (χ0n) is 15.6. The van der Waals surface area contributed by atoms with E-state index < -0.39 is 0 Å². The lowest BCUT2D eigenvalue weighted by Crippen LogP contribution is -2.52. The summed E-state index contributed by atoms with van der Waals surface area (Å²) in [6, 6.07) is 0. The van der Waals surface area contributed by atoms with Crippen molar-refractivity contribution in [1.82, 2.24) is 20.0 Å². The summed E-state index contributed by atoms with van der Waals surface area (Å²) in [7, 11) is 1.87. The van der Waals surface area contributed by atoms with Gasteiger partial charge in [0.2, 0.25) is 5.91 Å². The quantitative estimate of drug-likeness (QED) is 0.400. The molecule has 0 aliphatic carbocycles. The van der Waals surface area contributed by atoms with E-state index in [0.29, 0.717) is 0 Å². The second kappa shape index (κ2) is 10.4. The van der Waals surface area contributed by atoms with Crippen LogP contribution in [0.2, 0.25) is 0 Å². The number of amides is 1. The summed E-state index contributed by atoms with van der Waals surface area (Å²) in [6.07, 6.45) is 1.31. The van der Waals surface area contributed by atoms with Gasteiger partial charge in [0, 0.05) is 66.3 Å². The van der Waals surface area contributed by atoms with Crippen LogP contribution >= 0.6 is 24.0 Å². The Balaban J connectivity index is 0.00000288. The Morgan fingerprint density at radius 2 is 1.67 bits per heavy atom. The lowest BCUT2D eigenvalue weighted by atomic mass is 9.92. The largest absolute Gasteiger partial charge is 0.355 e. The van der Waals surface area contributed by atoms with Crippen molar-refractivity contribution >= 4 is 35.8 Å². The molecule has 2 atom stereocenters. The SMILES string of the molecule is CN=C(NCCN1CCN(C(C)=O)CC1)N1CC(C)CC(C)C1.I. The summed E-state index contributed by atoms with van der Waals surface area (Å²) in [6.45, 7) is 14.1. The molecule has 24 heavy (non-hydrogen) atoms. The molecule has 2 heterocycles. The van der Waals surface area contributed by atoms with E-state index in [2.05, 4.69) is 34.0 Å². The molecule has 0 aromatic carbocycles. The second-order valence-corrected chi connectivity index (χ2v) is 7.17. The predicted molar refractivity (Wildman–Crippen MR) is 110 cm³/mol. The summed E-state index contributed by atoms with van der Waals surface area (Å²) in [5.74, 6) is 2.69. The minimum absolute atomic E-state index is 0. The van der Waals surface area contributed by atoms with Gasteiger partial charge in [-0.15, -0.1) is 24.0 Å². The lowest BCUT2D eigenvalue weighted by Gasteiger charge is -2.37. The van der Waals surface area contributed by atoms with E-state index >= 15 is 0 Å². The van der Waals surface area contributed by atoms with E-state index in [-0.39, 0.29) is 29.9 Å². The number of carbonyl (C=O) groups excluding carboxylic acids is 1. The summed E-state index contributed by atoms with van der Waals surface area (Å²) >= 11 is 0. The highest BCUT2D eigenvalue weighted by atomic mass is 127. The molecule has 7 heteroatoms.